The molecule has 4 rings (SSSR count). The van der Waals surface area contributed by atoms with Gasteiger partial charge in [0.1, 0.15) is 23.8 Å². The standard InChI is InChI=1S/C25H32ClFN2O4/c1-19-3-2-4-20(13-19)29-9-7-24(30,8-10-29)15-28-11-12-32-17-25(31,16-28)18-33-21-5-6-23(27)22(26)14-21/h2-6,13-14,30-31H,7-12,15-18H2,1H3/t25-/m0/s1. The number of ether oxygens (including phenoxy) is 2. The Bertz CT molecular complexity index is 954. The third-order valence-corrected chi connectivity index (χ3v) is 6.71. The molecule has 2 fully saturated rings. The number of hydrogen-bond donors (Lipinski definition) is 2. The lowest BCUT2D eigenvalue weighted by Crippen LogP contribution is -2.55. The molecule has 6 nitrogen and oxygen atoms in total. The van der Waals surface area contributed by atoms with Gasteiger partial charge in [0.2, 0.25) is 0 Å². The third-order valence-electron chi connectivity index (χ3n) is 6.42. The first-order valence-corrected chi connectivity index (χ1v) is 11.8. The molecule has 0 bridgehead atoms. The molecule has 2 aromatic rings. The predicted octanol–water partition coefficient (Wildman–Crippen LogP) is 3.26. The van der Waals surface area contributed by atoms with Crippen molar-refractivity contribution in [1.29, 1.82) is 0 Å². The number of aliphatic hydroxyl groups is 2. The lowest BCUT2D eigenvalue weighted by atomic mass is 9.90. The van der Waals surface area contributed by atoms with E-state index in [1.165, 1.54) is 29.4 Å². The van der Waals surface area contributed by atoms with Gasteiger partial charge < -0.3 is 24.6 Å². The number of aryl methyl sites for hydroxylation is 1. The Kier molecular flexibility index (Phi) is 7.46. The van der Waals surface area contributed by atoms with E-state index in [2.05, 4.69) is 41.0 Å². The molecule has 2 heterocycles. The van der Waals surface area contributed by atoms with Gasteiger partial charge in [0, 0.05) is 44.5 Å². The lowest BCUT2D eigenvalue weighted by Gasteiger charge is -2.42. The number of benzene rings is 2. The molecule has 2 saturated heterocycles. The second-order valence-electron chi connectivity index (χ2n) is 9.40. The third kappa shape index (κ3) is 6.37. The van der Waals surface area contributed by atoms with Gasteiger partial charge >= 0.3 is 0 Å². The maximum Gasteiger partial charge on any atom is 0.142 e. The first kappa shape index (κ1) is 24.2. The van der Waals surface area contributed by atoms with Gasteiger partial charge in [-0.25, -0.2) is 4.39 Å². The summed E-state index contributed by atoms with van der Waals surface area (Å²) in [4.78, 5) is 4.36. The highest BCUT2D eigenvalue weighted by Gasteiger charge is 2.39. The smallest absolute Gasteiger partial charge is 0.142 e. The van der Waals surface area contributed by atoms with Crippen LogP contribution in [-0.2, 0) is 4.74 Å². The summed E-state index contributed by atoms with van der Waals surface area (Å²) in [6.07, 6.45) is 1.31. The summed E-state index contributed by atoms with van der Waals surface area (Å²) in [6.45, 7) is 5.61. The molecule has 0 unspecified atom stereocenters. The van der Waals surface area contributed by atoms with Gasteiger partial charge in [0.15, 0.2) is 0 Å². The first-order valence-electron chi connectivity index (χ1n) is 11.4. The quantitative estimate of drug-likeness (QED) is 0.664. The van der Waals surface area contributed by atoms with Crippen LogP contribution in [-0.4, -0.2) is 78.9 Å². The summed E-state index contributed by atoms with van der Waals surface area (Å²) in [5.41, 5.74) is 0.336. The molecular formula is C25H32ClFN2O4. The Morgan fingerprint density at radius 1 is 1.09 bits per heavy atom. The van der Waals surface area contributed by atoms with Crippen molar-refractivity contribution >= 4 is 17.3 Å². The van der Waals surface area contributed by atoms with Gasteiger partial charge in [-0.1, -0.05) is 23.7 Å². The number of hydrogen-bond acceptors (Lipinski definition) is 6. The molecule has 2 aromatic carbocycles. The lowest BCUT2D eigenvalue weighted by molar-refractivity contribution is -0.0742. The number of halogens is 2. The summed E-state index contributed by atoms with van der Waals surface area (Å²) in [6, 6.07) is 12.5. The normalized spacial score (nSPS) is 23.8. The second-order valence-corrected chi connectivity index (χ2v) is 9.81. The Balaban J connectivity index is 1.34. The van der Waals surface area contributed by atoms with Crippen LogP contribution in [0.2, 0.25) is 5.02 Å². The van der Waals surface area contributed by atoms with E-state index in [1.54, 1.807) is 0 Å². The number of β-amino-alcohol motifs (C(OH)–C–C–N with tert-alkyl or cyclic N) is 2. The van der Waals surface area contributed by atoms with E-state index in [0.29, 0.717) is 44.8 Å². The largest absolute Gasteiger partial charge is 0.490 e. The van der Waals surface area contributed by atoms with E-state index in [1.807, 2.05) is 0 Å². The highest BCUT2D eigenvalue weighted by molar-refractivity contribution is 6.30. The van der Waals surface area contributed by atoms with Crippen LogP contribution in [0.5, 0.6) is 5.75 Å². The van der Waals surface area contributed by atoms with Crippen molar-refractivity contribution in [3.63, 3.8) is 0 Å². The van der Waals surface area contributed by atoms with Crippen molar-refractivity contribution in [3.05, 3.63) is 58.9 Å². The molecule has 1 atom stereocenters. The monoisotopic (exact) mass is 478 g/mol. The molecule has 2 N–H and O–H groups in total. The molecule has 2 aliphatic rings. The van der Waals surface area contributed by atoms with E-state index >= 15 is 0 Å². The SMILES string of the molecule is Cc1cccc(N2CCC(O)(CN3CCOC[C@](O)(COc4ccc(F)c(Cl)c4)C3)CC2)c1. The number of piperidine rings is 1. The highest BCUT2D eigenvalue weighted by Crippen LogP contribution is 2.29. The van der Waals surface area contributed by atoms with E-state index in [0.717, 1.165) is 13.1 Å². The van der Waals surface area contributed by atoms with Crippen molar-refractivity contribution in [2.75, 3.05) is 57.4 Å². The zero-order chi connectivity index (χ0) is 23.5. The summed E-state index contributed by atoms with van der Waals surface area (Å²) in [5.74, 6) is -0.138. The van der Waals surface area contributed by atoms with Gasteiger partial charge in [0.25, 0.3) is 0 Å². The molecule has 2 aliphatic heterocycles. The van der Waals surface area contributed by atoms with E-state index in [4.69, 9.17) is 21.1 Å². The fourth-order valence-corrected chi connectivity index (χ4v) is 4.75. The summed E-state index contributed by atoms with van der Waals surface area (Å²) in [5, 5.41) is 22.4. The summed E-state index contributed by atoms with van der Waals surface area (Å²) in [7, 11) is 0. The average molecular weight is 479 g/mol. The Labute approximate surface area is 199 Å². The molecule has 0 amide bonds. The minimum absolute atomic E-state index is 0.0228. The van der Waals surface area contributed by atoms with Gasteiger partial charge in [0.05, 0.1) is 23.8 Å². The molecule has 0 aliphatic carbocycles. The Morgan fingerprint density at radius 3 is 2.61 bits per heavy atom. The molecule has 8 heteroatoms. The topological polar surface area (TPSA) is 65.4 Å². The van der Waals surface area contributed by atoms with Crippen molar-refractivity contribution in [2.45, 2.75) is 31.0 Å². The molecular weight excluding hydrogens is 447 g/mol. The average Bonchev–Trinajstić information content (AvgIpc) is 2.96. The fourth-order valence-electron chi connectivity index (χ4n) is 4.58. The summed E-state index contributed by atoms with van der Waals surface area (Å²) < 4.78 is 24.7. The van der Waals surface area contributed by atoms with E-state index in [-0.39, 0.29) is 18.2 Å². The van der Waals surface area contributed by atoms with Crippen molar-refractivity contribution < 1.29 is 24.1 Å². The molecule has 0 spiro atoms. The van der Waals surface area contributed by atoms with Gasteiger partial charge in [-0.15, -0.1) is 0 Å². The minimum atomic E-state index is -1.25. The highest BCUT2D eigenvalue weighted by atomic mass is 35.5. The zero-order valence-electron chi connectivity index (χ0n) is 19.0. The van der Waals surface area contributed by atoms with Crippen LogP contribution in [0, 0.1) is 12.7 Å². The van der Waals surface area contributed by atoms with Crippen LogP contribution in [0.3, 0.4) is 0 Å². The first-order chi connectivity index (χ1) is 15.7. The number of rotatable bonds is 6. The predicted molar refractivity (Wildman–Crippen MR) is 127 cm³/mol. The fraction of sp³-hybridized carbons (Fsp3) is 0.520. The molecule has 0 aromatic heterocycles. The molecule has 180 valence electrons. The van der Waals surface area contributed by atoms with Gasteiger partial charge in [-0.05, 0) is 49.6 Å². The van der Waals surface area contributed by atoms with E-state index < -0.39 is 17.0 Å². The molecule has 0 radical (unpaired) electrons. The molecule has 33 heavy (non-hydrogen) atoms. The van der Waals surface area contributed by atoms with Crippen LogP contribution in [0.15, 0.2) is 42.5 Å². The van der Waals surface area contributed by atoms with Crippen molar-refractivity contribution in [3.8, 4) is 5.75 Å². The maximum absolute atomic E-state index is 13.4. The van der Waals surface area contributed by atoms with Crippen molar-refractivity contribution in [1.82, 2.24) is 4.90 Å². The van der Waals surface area contributed by atoms with Gasteiger partial charge in [-0.2, -0.15) is 0 Å². The zero-order valence-corrected chi connectivity index (χ0v) is 19.7. The van der Waals surface area contributed by atoms with Gasteiger partial charge in [-0.3, -0.25) is 4.90 Å². The maximum atomic E-state index is 13.4. The van der Waals surface area contributed by atoms with E-state index in [9.17, 15) is 14.6 Å². The minimum Gasteiger partial charge on any atom is -0.490 e. The number of anilines is 1. The number of nitrogens with zero attached hydrogens (tertiary/aromatic N) is 2. The van der Waals surface area contributed by atoms with Crippen LogP contribution in [0.4, 0.5) is 10.1 Å². The van der Waals surface area contributed by atoms with Crippen LogP contribution in [0.25, 0.3) is 0 Å². The van der Waals surface area contributed by atoms with Crippen LogP contribution >= 0.6 is 11.6 Å². The van der Waals surface area contributed by atoms with Crippen LogP contribution in [0.1, 0.15) is 18.4 Å². The van der Waals surface area contributed by atoms with Crippen LogP contribution < -0.4 is 9.64 Å². The second kappa shape index (κ2) is 10.2. The summed E-state index contributed by atoms with van der Waals surface area (Å²) >= 11 is 5.82. The Morgan fingerprint density at radius 2 is 1.88 bits per heavy atom. The molecule has 0 saturated carbocycles. The van der Waals surface area contributed by atoms with Crippen molar-refractivity contribution in [2.24, 2.45) is 0 Å². The Hall–Kier alpha value is -1.90.